The second-order valence-electron chi connectivity index (χ2n) is 6.38. The molecule has 0 spiro atoms. The number of para-hydroxylation sites is 2. The lowest BCUT2D eigenvalue weighted by atomic mass is 10.1. The van der Waals surface area contributed by atoms with Gasteiger partial charge in [0.25, 0.3) is 5.91 Å². The normalized spacial score (nSPS) is 14.2. The number of hydrazone groups is 1. The van der Waals surface area contributed by atoms with Gasteiger partial charge >= 0.3 is 0 Å². The number of carbonyl (C=O) groups excluding carboxylic acids is 1. The molecule has 2 N–H and O–H groups in total. The zero-order valence-corrected chi connectivity index (χ0v) is 15.4. The first-order valence-corrected chi connectivity index (χ1v) is 9.07. The molecule has 0 unspecified atom stereocenters. The largest absolute Gasteiger partial charge is 0.487 e. The average Bonchev–Trinajstić information content (AvgIpc) is 3.23. The predicted octanol–water partition coefficient (Wildman–Crippen LogP) is 4.73. The molecule has 1 heterocycles. The fourth-order valence-electron chi connectivity index (χ4n) is 2.88. The third-order valence-corrected chi connectivity index (χ3v) is 4.33. The topological polar surface area (TPSA) is 62.7 Å². The smallest absolute Gasteiger partial charge is 0.273 e. The molecular formula is C23H18FN3O2. The predicted molar refractivity (Wildman–Crippen MR) is 111 cm³/mol. The van der Waals surface area contributed by atoms with Crippen LogP contribution in [0.3, 0.4) is 0 Å². The molecule has 0 bridgehead atoms. The van der Waals surface area contributed by atoms with Crippen LogP contribution in [-0.4, -0.2) is 18.2 Å². The summed E-state index contributed by atoms with van der Waals surface area (Å²) in [5.41, 5.74) is 5.94. The second-order valence-corrected chi connectivity index (χ2v) is 6.38. The zero-order valence-electron chi connectivity index (χ0n) is 15.4. The Morgan fingerprint density at radius 1 is 0.931 bits per heavy atom. The molecule has 6 heteroatoms. The average molecular weight is 387 g/mol. The van der Waals surface area contributed by atoms with E-state index in [0.29, 0.717) is 22.7 Å². The molecule has 0 saturated heterocycles. The van der Waals surface area contributed by atoms with Crippen molar-refractivity contribution in [2.75, 3.05) is 11.9 Å². The Balaban J connectivity index is 1.47. The van der Waals surface area contributed by atoms with Crippen molar-refractivity contribution in [3.8, 4) is 0 Å². The van der Waals surface area contributed by atoms with Crippen molar-refractivity contribution in [3.05, 3.63) is 102 Å². The number of rotatable bonds is 5. The van der Waals surface area contributed by atoms with Crippen molar-refractivity contribution in [2.45, 2.75) is 0 Å². The third kappa shape index (κ3) is 4.50. The van der Waals surface area contributed by atoms with E-state index in [1.54, 1.807) is 30.3 Å². The lowest BCUT2D eigenvalue weighted by Crippen LogP contribution is -2.20. The number of benzene rings is 3. The lowest BCUT2D eigenvalue weighted by molar-refractivity contribution is 0.0955. The Kier molecular flexibility index (Phi) is 5.33. The summed E-state index contributed by atoms with van der Waals surface area (Å²) in [5.74, 6) is -0.0550. The zero-order chi connectivity index (χ0) is 20.1. The maximum absolute atomic E-state index is 13.1. The number of anilines is 2. The van der Waals surface area contributed by atoms with Gasteiger partial charge in [0.15, 0.2) is 0 Å². The van der Waals surface area contributed by atoms with Crippen LogP contribution in [0.25, 0.3) is 5.76 Å². The fraction of sp³-hybridized carbons (Fsp3) is 0.0435. The van der Waals surface area contributed by atoms with Crippen molar-refractivity contribution in [1.82, 2.24) is 5.43 Å². The number of nitrogens with one attached hydrogen (secondary N) is 2. The fourth-order valence-corrected chi connectivity index (χ4v) is 2.88. The second kappa shape index (κ2) is 8.39. The van der Waals surface area contributed by atoms with Gasteiger partial charge in [0.2, 0.25) is 0 Å². The Bertz CT molecular complexity index is 1080. The van der Waals surface area contributed by atoms with Crippen LogP contribution < -0.4 is 10.7 Å². The molecule has 0 radical (unpaired) electrons. The Morgan fingerprint density at radius 2 is 1.66 bits per heavy atom. The lowest BCUT2D eigenvalue weighted by Gasteiger charge is -2.11. The van der Waals surface area contributed by atoms with Crippen LogP contribution >= 0.6 is 0 Å². The van der Waals surface area contributed by atoms with E-state index in [9.17, 15) is 9.18 Å². The molecule has 5 nitrogen and oxygen atoms in total. The SMILES string of the molecule is O=C(N/N=C1/C=C(c2ccc(F)cc2)OC1)c1ccccc1Nc1ccccc1. The highest BCUT2D eigenvalue weighted by atomic mass is 19.1. The molecular weight excluding hydrogens is 369 g/mol. The first kappa shape index (κ1) is 18.4. The van der Waals surface area contributed by atoms with Crippen molar-refractivity contribution in [2.24, 2.45) is 5.10 Å². The highest BCUT2D eigenvalue weighted by molar-refractivity contribution is 6.06. The summed E-state index contributed by atoms with van der Waals surface area (Å²) in [4.78, 5) is 12.6. The van der Waals surface area contributed by atoms with Crippen LogP contribution in [0.15, 0.2) is 90.0 Å². The van der Waals surface area contributed by atoms with Crippen LogP contribution in [0.4, 0.5) is 15.8 Å². The van der Waals surface area contributed by atoms with E-state index in [0.717, 1.165) is 11.3 Å². The van der Waals surface area contributed by atoms with E-state index in [-0.39, 0.29) is 18.3 Å². The molecule has 3 aromatic carbocycles. The minimum absolute atomic E-state index is 0.233. The van der Waals surface area contributed by atoms with Gasteiger partial charge in [-0.3, -0.25) is 4.79 Å². The molecule has 144 valence electrons. The highest BCUT2D eigenvalue weighted by Gasteiger charge is 2.15. The van der Waals surface area contributed by atoms with Gasteiger partial charge in [-0.2, -0.15) is 5.10 Å². The van der Waals surface area contributed by atoms with Crippen LogP contribution in [0, 0.1) is 5.82 Å². The minimum Gasteiger partial charge on any atom is -0.487 e. The summed E-state index contributed by atoms with van der Waals surface area (Å²) in [6.07, 6.45) is 1.72. The molecule has 29 heavy (non-hydrogen) atoms. The Morgan fingerprint density at radius 3 is 2.45 bits per heavy atom. The molecule has 0 atom stereocenters. The van der Waals surface area contributed by atoms with Crippen molar-refractivity contribution >= 4 is 28.8 Å². The highest BCUT2D eigenvalue weighted by Crippen LogP contribution is 2.22. The molecule has 3 aromatic rings. The first-order valence-electron chi connectivity index (χ1n) is 9.07. The van der Waals surface area contributed by atoms with Gasteiger partial charge in [0, 0.05) is 17.3 Å². The molecule has 1 amide bonds. The van der Waals surface area contributed by atoms with E-state index in [1.807, 2.05) is 42.5 Å². The van der Waals surface area contributed by atoms with E-state index < -0.39 is 0 Å². The van der Waals surface area contributed by atoms with Gasteiger partial charge in [-0.25, -0.2) is 9.82 Å². The molecule has 1 aliphatic heterocycles. The van der Waals surface area contributed by atoms with Crippen LogP contribution in [0.2, 0.25) is 0 Å². The quantitative estimate of drug-likeness (QED) is 0.623. The number of hydrogen-bond acceptors (Lipinski definition) is 4. The number of ether oxygens (including phenoxy) is 1. The minimum atomic E-state index is -0.333. The van der Waals surface area contributed by atoms with Gasteiger partial charge in [0.1, 0.15) is 23.9 Å². The monoisotopic (exact) mass is 387 g/mol. The summed E-state index contributed by atoms with van der Waals surface area (Å²) in [7, 11) is 0. The van der Waals surface area contributed by atoms with Gasteiger partial charge in [-0.1, -0.05) is 30.3 Å². The van der Waals surface area contributed by atoms with Gasteiger partial charge in [0.05, 0.1) is 11.3 Å². The maximum Gasteiger partial charge on any atom is 0.273 e. The molecule has 0 aromatic heterocycles. The third-order valence-electron chi connectivity index (χ3n) is 4.33. The van der Waals surface area contributed by atoms with Crippen molar-refractivity contribution in [1.29, 1.82) is 0 Å². The molecule has 1 aliphatic rings. The summed E-state index contributed by atoms with van der Waals surface area (Å²) in [6.45, 7) is 0.233. The summed E-state index contributed by atoms with van der Waals surface area (Å²) in [5, 5.41) is 7.39. The van der Waals surface area contributed by atoms with E-state index in [1.165, 1.54) is 12.1 Å². The molecule has 0 fully saturated rings. The summed E-state index contributed by atoms with van der Waals surface area (Å²) >= 11 is 0. The number of amides is 1. The first-order chi connectivity index (χ1) is 14.2. The van der Waals surface area contributed by atoms with Crippen molar-refractivity contribution in [3.63, 3.8) is 0 Å². The number of carbonyl (C=O) groups is 1. The van der Waals surface area contributed by atoms with Gasteiger partial charge in [-0.15, -0.1) is 0 Å². The maximum atomic E-state index is 13.1. The molecule has 0 aliphatic carbocycles. The Hall–Kier alpha value is -3.93. The van der Waals surface area contributed by atoms with Crippen LogP contribution in [0.5, 0.6) is 0 Å². The molecule has 0 saturated carbocycles. The standard InChI is InChI=1S/C23H18FN3O2/c24-17-12-10-16(11-13-17)22-14-19(15-29-22)26-27-23(28)20-8-4-5-9-21(20)25-18-6-2-1-3-7-18/h1-14,25H,15H2,(H,27,28)/b26-19-. The van der Waals surface area contributed by atoms with Gasteiger partial charge < -0.3 is 10.1 Å². The van der Waals surface area contributed by atoms with E-state index in [4.69, 9.17) is 4.74 Å². The summed E-state index contributed by atoms with van der Waals surface area (Å²) < 4.78 is 18.6. The van der Waals surface area contributed by atoms with Crippen molar-refractivity contribution < 1.29 is 13.9 Å². The number of halogens is 1. The number of nitrogens with zero attached hydrogens (tertiary/aromatic N) is 1. The van der Waals surface area contributed by atoms with Gasteiger partial charge in [-0.05, 0) is 48.5 Å². The van der Waals surface area contributed by atoms with E-state index >= 15 is 0 Å². The molecule has 4 rings (SSSR count). The van der Waals surface area contributed by atoms with E-state index in [2.05, 4.69) is 15.8 Å². The van der Waals surface area contributed by atoms with Crippen LogP contribution in [-0.2, 0) is 4.74 Å². The summed E-state index contributed by atoms with van der Waals surface area (Å²) in [6, 6.07) is 22.8. The van der Waals surface area contributed by atoms with Crippen LogP contribution in [0.1, 0.15) is 15.9 Å². The number of hydrogen-bond donors (Lipinski definition) is 2. The Labute approximate surface area is 167 Å².